The van der Waals surface area contributed by atoms with Gasteiger partial charge in [-0.25, -0.2) is 4.79 Å². The molecule has 1 atom stereocenters. The Morgan fingerprint density at radius 2 is 1.85 bits per heavy atom. The van der Waals surface area contributed by atoms with Crippen LogP contribution in [-0.4, -0.2) is 27.4 Å². The van der Waals surface area contributed by atoms with Crippen molar-refractivity contribution in [2.75, 3.05) is 0 Å². The molecule has 7 nitrogen and oxygen atoms in total. The molecule has 110 valence electrons. The van der Waals surface area contributed by atoms with E-state index in [0.717, 1.165) is 12.2 Å². The Morgan fingerprint density at radius 3 is 2.25 bits per heavy atom. The number of hydrogen-bond donors (Lipinski definition) is 2. The van der Waals surface area contributed by atoms with Gasteiger partial charge < -0.3 is 10.4 Å². The van der Waals surface area contributed by atoms with Gasteiger partial charge in [-0.2, -0.15) is 0 Å². The van der Waals surface area contributed by atoms with Gasteiger partial charge in [0, 0.05) is 19.1 Å². The van der Waals surface area contributed by atoms with Crippen LogP contribution < -0.4 is 5.32 Å². The zero-order chi connectivity index (χ0) is 15.9. The normalized spacial score (nSPS) is 20.6. The minimum absolute atomic E-state index is 0.126. The van der Waals surface area contributed by atoms with E-state index in [1.807, 2.05) is 13.8 Å². The van der Waals surface area contributed by atoms with Gasteiger partial charge >= 0.3 is 5.97 Å². The van der Waals surface area contributed by atoms with E-state index in [1.54, 1.807) is 0 Å². The highest BCUT2D eigenvalue weighted by atomic mass is 16.6. The fraction of sp³-hybridized carbons (Fsp3) is 0.385. The molecule has 0 bridgehead atoms. The maximum atomic E-state index is 11.1. The van der Waals surface area contributed by atoms with Crippen LogP contribution >= 0.6 is 0 Å². The number of rotatable bonds is 3. The molecule has 0 aromatic heterocycles. The summed E-state index contributed by atoms with van der Waals surface area (Å²) >= 11 is 0. The van der Waals surface area contributed by atoms with Crippen molar-refractivity contribution in [1.82, 2.24) is 5.32 Å². The number of carbonyl (C=O) groups excluding carboxylic acids is 1. The zero-order valence-electron chi connectivity index (χ0n) is 11.8. The minimum Gasteiger partial charge on any atom is -0.478 e. The summed E-state index contributed by atoms with van der Waals surface area (Å²) in [5.74, 6) is -1.64. The fourth-order valence-corrected chi connectivity index (χ4v) is 1.64. The summed E-state index contributed by atoms with van der Waals surface area (Å²) in [4.78, 5) is 32.1. The van der Waals surface area contributed by atoms with E-state index in [2.05, 4.69) is 5.32 Å². The van der Waals surface area contributed by atoms with E-state index in [-0.39, 0.29) is 11.3 Å². The van der Waals surface area contributed by atoms with Gasteiger partial charge in [0.15, 0.2) is 0 Å². The first-order valence-electron chi connectivity index (χ1n) is 6.04. The van der Waals surface area contributed by atoms with Crippen LogP contribution in [0.3, 0.4) is 0 Å². The standard InChI is InChI=1S/C11H12N2O5.C2H6/c1-7(14)12-11(2)5-8(10(15)16)3-4-9(6-11)13(17)18;1-2/h3-6H,1-2H3,(H,12,14)(H,15,16);1-2H3. The number of carboxylic acids is 1. The molecule has 7 heteroatoms. The van der Waals surface area contributed by atoms with Crippen molar-refractivity contribution in [2.24, 2.45) is 0 Å². The number of allylic oxidation sites excluding steroid dienone is 1. The number of nitrogens with zero attached hydrogens (tertiary/aromatic N) is 1. The molecule has 0 fully saturated rings. The van der Waals surface area contributed by atoms with Crippen LogP contribution in [-0.2, 0) is 9.59 Å². The maximum absolute atomic E-state index is 11.1. The Morgan fingerprint density at radius 1 is 1.30 bits per heavy atom. The maximum Gasteiger partial charge on any atom is 0.335 e. The molecule has 0 aromatic carbocycles. The van der Waals surface area contributed by atoms with Crippen molar-refractivity contribution in [3.05, 3.63) is 45.7 Å². The summed E-state index contributed by atoms with van der Waals surface area (Å²) < 4.78 is 0. The predicted octanol–water partition coefficient (Wildman–Crippen LogP) is 1.65. The van der Waals surface area contributed by atoms with Crippen molar-refractivity contribution >= 4 is 11.9 Å². The third-order valence-electron chi connectivity index (χ3n) is 2.24. The fourth-order valence-electron chi connectivity index (χ4n) is 1.64. The summed E-state index contributed by atoms with van der Waals surface area (Å²) in [5, 5.41) is 22.2. The molecule has 0 radical (unpaired) electrons. The Hall–Kier alpha value is -2.44. The number of aliphatic carboxylic acids is 1. The first kappa shape index (κ1) is 17.6. The molecule has 1 aliphatic rings. The highest BCUT2D eigenvalue weighted by Crippen LogP contribution is 2.20. The second kappa shape index (κ2) is 7.22. The van der Waals surface area contributed by atoms with Gasteiger partial charge in [0.1, 0.15) is 0 Å². The second-order valence-electron chi connectivity index (χ2n) is 4.03. The summed E-state index contributed by atoms with van der Waals surface area (Å²) in [6.45, 7) is 6.73. The zero-order valence-corrected chi connectivity index (χ0v) is 11.8. The van der Waals surface area contributed by atoms with Crippen LogP contribution in [0.25, 0.3) is 0 Å². The second-order valence-corrected chi connectivity index (χ2v) is 4.03. The van der Waals surface area contributed by atoms with Crippen LogP contribution in [0.4, 0.5) is 0 Å². The van der Waals surface area contributed by atoms with Gasteiger partial charge in [0.2, 0.25) is 5.91 Å². The molecule has 1 unspecified atom stereocenters. The van der Waals surface area contributed by atoms with Crippen LogP contribution in [0.15, 0.2) is 35.6 Å². The lowest BCUT2D eigenvalue weighted by molar-refractivity contribution is -0.419. The molecule has 0 heterocycles. The minimum atomic E-state index is -1.22. The van der Waals surface area contributed by atoms with Gasteiger partial charge in [-0.1, -0.05) is 13.8 Å². The van der Waals surface area contributed by atoms with Crippen molar-refractivity contribution in [2.45, 2.75) is 33.2 Å². The van der Waals surface area contributed by atoms with Crippen molar-refractivity contribution in [3.8, 4) is 0 Å². The van der Waals surface area contributed by atoms with E-state index in [9.17, 15) is 19.7 Å². The number of amides is 1. The highest BCUT2D eigenvalue weighted by Gasteiger charge is 2.28. The Kier molecular flexibility index (Phi) is 6.34. The SMILES string of the molecule is CC.CC(=O)NC1(C)C=C(C(=O)O)C=CC([N+](=O)[O-])=C1. The molecule has 1 amide bonds. The Bertz CT molecular complexity index is 469. The smallest absolute Gasteiger partial charge is 0.335 e. The largest absolute Gasteiger partial charge is 0.478 e. The third-order valence-corrected chi connectivity index (χ3v) is 2.24. The lowest BCUT2D eigenvalue weighted by atomic mass is 9.98. The third kappa shape index (κ3) is 5.05. The molecular weight excluding hydrogens is 264 g/mol. The first-order valence-corrected chi connectivity index (χ1v) is 6.04. The molecular formula is C13H18N2O5. The summed E-state index contributed by atoms with van der Waals surface area (Å²) in [6.07, 6.45) is 4.67. The molecule has 0 aliphatic heterocycles. The Balaban J connectivity index is 0.00000172. The predicted molar refractivity (Wildman–Crippen MR) is 73.5 cm³/mol. The number of nitro groups is 1. The lowest BCUT2D eigenvalue weighted by Crippen LogP contribution is -2.42. The van der Waals surface area contributed by atoms with E-state index in [4.69, 9.17) is 5.11 Å². The molecule has 20 heavy (non-hydrogen) atoms. The quantitative estimate of drug-likeness (QED) is 0.604. The van der Waals surface area contributed by atoms with Crippen molar-refractivity contribution < 1.29 is 19.6 Å². The number of nitrogens with one attached hydrogen (secondary N) is 1. The monoisotopic (exact) mass is 282 g/mol. The summed E-state index contributed by atoms with van der Waals surface area (Å²) in [5.41, 5.74) is -1.62. The number of carbonyl (C=O) groups is 2. The van der Waals surface area contributed by atoms with E-state index in [0.29, 0.717) is 0 Å². The highest BCUT2D eigenvalue weighted by molar-refractivity contribution is 5.90. The topological polar surface area (TPSA) is 110 Å². The van der Waals surface area contributed by atoms with Crippen molar-refractivity contribution in [1.29, 1.82) is 0 Å². The van der Waals surface area contributed by atoms with Gasteiger partial charge in [-0.05, 0) is 19.1 Å². The molecule has 1 aliphatic carbocycles. The van der Waals surface area contributed by atoms with Gasteiger partial charge in [-0.15, -0.1) is 0 Å². The summed E-state index contributed by atoms with van der Waals surface area (Å²) in [6, 6.07) is 0. The number of hydrogen-bond acceptors (Lipinski definition) is 4. The number of carboxylic acid groups (broad SMARTS) is 1. The van der Waals surface area contributed by atoms with Crippen LogP contribution in [0, 0.1) is 10.1 Å². The van der Waals surface area contributed by atoms with Gasteiger partial charge in [-0.3, -0.25) is 14.9 Å². The van der Waals surface area contributed by atoms with Crippen LogP contribution in [0.2, 0.25) is 0 Å². The molecule has 0 spiro atoms. The van der Waals surface area contributed by atoms with Crippen LogP contribution in [0.5, 0.6) is 0 Å². The van der Waals surface area contributed by atoms with Gasteiger partial charge in [0.05, 0.1) is 16.0 Å². The average Bonchev–Trinajstić information content (AvgIpc) is 2.50. The molecule has 2 N–H and O–H groups in total. The van der Waals surface area contributed by atoms with Crippen molar-refractivity contribution in [3.63, 3.8) is 0 Å². The van der Waals surface area contributed by atoms with E-state index in [1.165, 1.54) is 26.0 Å². The average molecular weight is 282 g/mol. The summed E-state index contributed by atoms with van der Waals surface area (Å²) in [7, 11) is 0. The Labute approximate surface area is 116 Å². The van der Waals surface area contributed by atoms with E-state index < -0.39 is 22.3 Å². The lowest BCUT2D eigenvalue weighted by Gasteiger charge is -2.22. The first-order chi connectivity index (χ1) is 9.23. The van der Waals surface area contributed by atoms with Gasteiger partial charge in [0.25, 0.3) is 5.70 Å². The molecule has 0 saturated carbocycles. The molecule has 1 rings (SSSR count). The molecule has 0 aromatic rings. The van der Waals surface area contributed by atoms with E-state index >= 15 is 0 Å². The molecule has 0 saturated heterocycles. The van der Waals surface area contributed by atoms with Crippen LogP contribution in [0.1, 0.15) is 27.7 Å².